The number of amides is 2. The third-order valence-electron chi connectivity index (χ3n) is 5.05. The van der Waals surface area contributed by atoms with Gasteiger partial charge in [-0.15, -0.1) is 0 Å². The Morgan fingerprint density at radius 1 is 1.17 bits per heavy atom. The molecule has 2 saturated heterocycles. The molecular weight excluding hydrogens is 292 g/mol. The van der Waals surface area contributed by atoms with E-state index < -0.39 is 0 Å². The van der Waals surface area contributed by atoms with Gasteiger partial charge in [-0.1, -0.05) is 0 Å². The Labute approximate surface area is 136 Å². The van der Waals surface area contributed by atoms with Gasteiger partial charge in [0.05, 0.1) is 5.56 Å². The number of pyridine rings is 1. The first-order valence-electron chi connectivity index (χ1n) is 8.31. The van der Waals surface area contributed by atoms with E-state index in [-0.39, 0.29) is 11.8 Å². The van der Waals surface area contributed by atoms with Gasteiger partial charge in [-0.25, -0.2) is 0 Å². The Kier molecular flexibility index (Phi) is 4.61. The number of nitrogens with zero attached hydrogens (tertiary/aromatic N) is 3. The zero-order valence-electron chi connectivity index (χ0n) is 13.8. The Morgan fingerprint density at radius 3 is 2.52 bits per heavy atom. The topological polar surface area (TPSA) is 65.5 Å². The van der Waals surface area contributed by atoms with Crippen molar-refractivity contribution in [1.29, 1.82) is 0 Å². The largest absolute Gasteiger partial charge is 0.354 e. The third kappa shape index (κ3) is 3.08. The van der Waals surface area contributed by atoms with Gasteiger partial charge in [0.1, 0.15) is 5.69 Å². The van der Waals surface area contributed by atoms with Crippen LogP contribution in [0.2, 0.25) is 0 Å². The van der Waals surface area contributed by atoms with E-state index in [1.807, 2.05) is 4.90 Å². The maximum Gasteiger partial charge on any atom is 0.269 e. The van der Waals surface area contributed by atoms with Crippen LogP contribution in [0.15, 0.2) is 18.3 Å². The summed E-state index contributed by atoms with van der Waals surface area (Å²) in [5, 5.41) is 2.53. The van der Waals surface area contributed by atoms with E-state index in [0.717, 1.165) is 25.9 Å². The summed E-state index contributed by atoms with van der Waals surface area (Å²) < 4.78 is 0. The van der Waals surface area contributed by atoms with Crippen LogP contribution in [0.25, 0.3) is 0 Å². The molecule has 0 spiro atoms. The number of aromatic nitrogens is 1. The molecule has 0 aliphatic carbocycles. The van der Waals surface area contributed by atoms with Crippen LogP contribution < -0.4 is 5.32 Å². The molecule has 2 unspecified atom stereocenters. The summed E-state index contributed by atoms with van der Waals surface area (Å²) in [6.07, 6.45) is 6.02. The molecule has 23 heavy (non-hydrogen) atoms. The fourth-order valence-electron chi connectivity index (χ4n) is 3.82. The van der Waals surface area contributed by atoms with E-state index in [1.54, 1.807) is 19.2 Å². The van der Waals surface area contributed by atoms with Crippen molar-refractivity contribution in [2.45, 2.75) is 37.8 Å². The van der Waals surface area contributed by atoms with Crippen LogP contribution >= 0.6 is 0 Å². The predicted molar refractivity (Wildman–Crippen MR) is 87.3 cm³/mol. The van der Waals surface area contributed by atoms with E-state index >= 15 is 0 Å². The molecule has 0 saturated carbocycles. The number of carbonyl (C=O) groups excluding carboxylic acids is 2. The van der Waals surface area contributed by atoms with Crippen molar-refractivity contribution in [3.63, 3.8) is 0 Å². The molecule has 2 fully saturated rings. The Bertz CT molecular complexity index is 587. The van der Waals surface area contributed by atoms with Gasteiger partial charge >= 0.3 is 0 Å². The van der Waals surface area contributed by atoms with Gasteiger partial charge in [0.2, 0.25) is 0 Å². The molecule has 0 radical (unpaired) electrons. The minimum absolute atomic E-state index is 0.0313. The molecule has 2 amide bonds. The predicted octanol–water partition coefficient (Wildman–Crippen LogP) is 1.14. The number of likely N-dealkylation sites (N-methyl/N-ethyl adjacent to an activating group) is 1. The summed E-state index contributed by atoms with van der Waals surface area (Å²) in [7, 11) is 3.72. The molecule has 3 rings (SSSR count). The van der Waals surface area contributed by atoms with E-state index in [1.165, 1.54) is 19.0 Å². The smallest absolute Gasteiger partial charge is 0.269 e. The standard InChI is InChI=1S/C17H24N4O2/c1-18-16(22)13-8-7-12(11-19-13)17(23)21-10-4-6-15(21)14-5-3-9-20(14)2/h7-8,11,14-15H,3-6,9-10H2,1-2H3,(H,18,22). The summed E-state index contributed by atoms with van der Waals surface area (Å²) in [4.78, 5) is 32.9. The molecule has 2 atom stereocenters. The second kappa shape index (κ2) is 6.66. The zero-order valence-corrected chi connectivity index (χ0v) is 13.8. The molecule has 6 nitrogen and oxygen atoms in total. The number of nitrogens with one attached hydrogen (secondary N) is 1. The highest BCUT2D eigenvalue weighted by Gasteiger charge is 2.38. The average Bonchev–Trinajstić information content (AvgIpc) is 3.21. The van der Waals surface area contributed by atoms with E-state index in [2.05, 4.69) is 22.2 Å². The maximum atomic E-state index is 12.8. The van der Waals surface area contributed by atoms with Crippen LogP contribution in [0.5, 0.6) is 0 Å². The molecule has 6 heteroatoms. The summed E-state index contributed by atoms with van der Waals surface area (Å²) in [6.45, 7) is 1.93. The highest BCUT2D eigenvalue weighted by molar-refractivity contribution is 5.96. The number of rotatable bonds is 3. The lowest BCUT2D eigenvalue weighted by molar-refractivity contribution is 0.0663. The molecule has 124 valence electrons. The van der Waals surface area contributed by atoms with Gasteiger partial charge in [-0.3, -0.25) is 14.6 Å². The minimum Gasteiger partial charge on any atom is -0.354 e. The highest BCUT2D eigenvalue weighted by Crippen LogP contribution is 2.30. The van der Waals surface area contributed by atoms with E-state index in [4.69, 9.17) is 0 Å². The third-order valence-corrected chi connectivity index (χ3v) is 5.05. The van der Waals surface area contributed by atoms with Gasteiger partial charge in [0, 0.05) is 31.9 Å². The number of carbonyl (C=O) groups is 2. The Hall–Kier alpha value is -1.95. The van der Waals surface area contributed by atoms with Crippen molar-refractivity contribution in [2.24, 2.45) is 0 Å². The summed E-state index contributed by atoms with van der Waals surface area (Å²) >= 11 is 0. The summed E-state index contributed by atoms with van der Waals surface area (Å²) in [6, 6.07) is 4.08. The van der Waals surface area contributed by atoms with Gasteiger partial charge in [-0.05, 0) is 51.4 Å². The molecule has 3 heterocycles. The van der Waals surface area contributed by atoms with Gasteiger partial charge < -0.3 is 15.1 Å². The lowest BCUT2D eigenvalue weighted by Gasteiger charge is -2.33. The average molecular weight is 316 g/mol. The van der Waals surface area contributed by atoms with Crippen LogP contribution in [-0.2, 0) is 0 Å². The lowest BCUT2D eigenvalue weighted by atomic mass is 10.0. The molecule has 1 aromatic rings. The fourth-order valence-corrected chi connectivity index (χ4v) is 3.82. The van der Waals surface area contributed by atoms with Crippen molar-refractivity contribution in [2.75, 3.05) is 27.2 Å². The van der Waals surface area contributed by atoms with Gasteiger partial charge in [-0.2, -0.15) is 0 Å². The molecule has 0 aromatic carbocycles. The number of likely N-dealkylation sites (tertiary alicyclic amines) is 2. The number of hydrogen-bond donors (Lipinski definition) is 1. The lowest BCUT2D eigenvalue weighted by Crippen LogP contribution is -2.47. The Balaban J connectivity index is 1.75. The van der Waals surface area contributed by atoms with E-state index in [9.17, 15) is 9.59 Å². The van der Waals surface area contributed by atoms with Crippen LogP contribution in [0.4, 0.5) is 0 Å². The van der Waals surface area contributed by atoms with Crippen molar-refractivity contribution in [1.82, 2.24) is 20.1 Å². The van der Waals surface area contributed by atoms with Crippen LogP contribution in [0.1, 0.15) is 46.5 Å². The number of hydrogen-bond acceptors (Lipinski definition) is 4. The first-order chi connectivity index (χ1) is 11.1. The first-order valence-corrected chi connectivity index (χ1v) is 8.31. The molecular formula is C17H24N4O2. The SMILES string of the molecule is CNC(=O)c1ccc(C(=O)N2CCCC2C2CCCN2C)cn1. The Morgan fingerprint density at radius 2 is 1.91 bits per heavy atom. The molecule has 1 aromatic heterocycles. The quantitative estimate of drug-likeness (QED) is 0.908. The van der Waals surface area contributed by atoms with Gasteiger partial charge in [0.25, 0.3) is 11.8 Å². The second-order valence-electron chi connectivity index (χ2n) is 6.41. The van der Waals surface area contributed by atoms with Crippen molar-refractivity contribution in [3.05, 3.63) is 29.6 Å². The maximum absolute atomic E-state index is 12.8. The van der Waals surface area contributed by atoms with Crippen molar-refractivity contribution in [3.8, 4) is 0 Å². The monoisotopic (exact) mass is 316 g/mol. The van der Waals surface area contributed by atoms with E-state index in [0.29, 0.717) is 23.3 Å². The van der Waals surface area contributed by atoms with Crippen LogP contribution in [-0.4, -0.2) is 65.9 Å². The van der Waals surface area contributed by atoms with Crippen LogP contribution in [0.3, 0.4) is 0 Å². The summed E-state index contributed by atoms with van der Waals surface area (Å²) in [5.74, 6) is -0.209. The van der Waals surface area contributed by atoms with Crippen molar-refractivity contribution < 1.29 is 9.59 Å². The highest BCUT2D eigenvalue weighted by atomic mass is 16.2. The summed E-state index contributed by atoms with van der Waals surface area (Å²) in [5.41, 5.74) is 0.891. The van der Waals surface area contributed by atoms with Crippen molar-refractivity contribution >= 4 is 11.8 Å². The molecule has 2 aliphatic rings. The molecule has 0 bridgehead atoms. The molecule has 1 N–H and O–H groups in total. The zero-order chi connectivity index (χ0) is 16.4. The fraction of sp³-hybridized carbons (Fsp3) is 0.588. The first kappa shape index (κ1) is 15.9. The normalized spacial score (nSPS) is 24.9. The minimum atomic E-state index is -0.240. The van der Waals surface area contributed by atoms with Crippen LogP contribution in [0, 0.1) is 0 Å². The molecule has 2 aliphatic heterocycles. The van der Waals surface area contributed by atoms with Gasteiger partial charge in [0.15, 0.2) is 0 Å². The second-order valence-corrected chi connectivity index (χ2v) is 6.41.